The van der Waals surface area contributed by atoms with Crippen LogP contribution in [-0.4, -0.2) is 17.2 Å². The van der Waals surface area contributed by atoms with Crippen molar-refractivity contribution in [2.75, 3.05) is 12.4 Å². The molecule has 0 radical (unpaired) electrons. The lowest BCUT2D eigenvalue weighted by Crippen LogP contribution is -1.88. The molecule has 0 bridgehead atoms. The van der Waals surface area contributed by atoms with Crippen LogP contribution in [0.5, 0.6) is 0 Å². The van der Waals surface area contributed by atoms with Crippen LogP contribution in [0.25, 0.3) is 10.9 Å². The highest BCUT2D eigenvalue weighted by atomic mass is 15.1. The van der Waals surface area contributed by atoms with Crippen LogP contribution in [0.4, 0.5) is 5.69 Å². The van der Waals surface area contributed by atoms with E-state index in [1.165, 1.54) is 0 Å². The second-order valence-corrected chi connectivity index (χ2v) is 2.55. The summed E-state index contributed by atoms with van der Waals surface area (Å²) in [4.78, 5) is 0. The number of anilines is 1. The molecule has 0 amide bonds. The highest BCUT2D eigenvalue weighted by Gasteiger charge is 1.94. The SMILES string of the molecule is CNc1ccc2ccnnc2c1. The predicted octanol–water partition coefficient (Wildman–Crippen LogP) is 1.67. The first kappa shape index (κ1) is 7.03. The summed E-state index contributed by atoms with van der Waals surface area (Å²) in [5, 5.41) is 12.0. The van der Waals surface area contributed by atoms with E-state index in [9.17, 15) is 0 Å². The minimum Gasteiger partial charge on any atom is -0.388 e. The summed E-state index contributed by atoms with van der Waals surface area (Å²) >= 11 is 0. The first-order chi connectivity index (χ1) is 5.90. The summed E-state index contributed by atoms with van der Waals surface area (Å²) in [5.41, 5.74) is 1.98. The molecule has 2 rings (SSSR count). The first-order valence-electron chi connectivity index (χ1n) is 3.79. The van der Waals surface area contributed by atoms with Gasteiger partial charge in [-0.2, -0.15) is 10.2 Å². The van der Waals surface area contributed by atoms with E-state index < -0.39 is 0 Å². The maximum Gasteiger partial charge on any atom is 0.0950 e. The number of rotatable bonds is 1. The Labute approximate surface area is 70.4 Å². The standard InChI is InChI=1S/C9H9N3/c1-10-8-3-2-7-4-5-11-12-9(7)6-8/h2-6,10H,1H3. The van der Waals surface area contributed by atoms with E-state index in [0.29, 0.717) is 0 Å². The Morgan fingerprint density at radius 3 is 3.00 bits per heavy atom. The fourth-order valence-electron chi connectivity index (χ4n) is 1.14. The van der Waals surface area contributed by atoms with Crippen LogP contribution < -0.4 is 5.32 Å². The second-order valence-electron chi connectivity index (χ2n) is 2.55. The summed E-state index contributed by atoms with van der Waals surface area (Å²) in [6.45, 7) is 0. The van der Waals surface area contributed by atoms with E-state index >= 15 is 0 Å². The van der Waals surface area contributed by atoms with Gasteiger partial charge in [0.15, 0.2) is 0 Å². The van der Waals surface area contributed by atoms with Crippen molar-refractivity contribution in [2.24, 2.45) is 0 Å². The van der Waals surface area contributed by atoms with Crippen LogP contribution in [0.1, 0.15) is 0 Å². The molecule has 3 nitrogen and oxygen atoms in total. The number of benzene rings is 1. The van der Waals surface area contributed by atoms with Gasteiger partial charge < -0.3 is 5.32 Å². The van der Waals surface area contributed by atoms with Crippen LogP contribution in [0, 0.1) is 0 Å². The molecule has 1 heterocycles. The Bertz CT molecular complexity index is 398. The van der Waals surface area contributed by atoms with Crippen molar-refractivity contribution >= 4 is 16.6 Å². The average Bonchev–Trinajstić information content (AvgIpc) is 2.17. The van der Waals surface area contributed by atoms with E-state index in [0.717, 1.165) is 16.6 Å². The van der Waals surface area contributed by atoms with Gasteiger partial charge in [-0.1, -0.05) is 6.07 Å². The Kier molecular flexibility index (Phi) is 1.63. The number of aromatic nitrogens is 2. The van der Waals surface area contributed by atoms with Gasteiger partial charge in [-0.15, -0.1) is 0 Å². The van der Waals surface area contributed by atoms with Crippen molar-refractivity contribution < 1.29 is 0 Å². The van der Waals surface area contributed by atoms with E-state index in [4.69, 9.17) is 0 Å². The third-order valence-electron chi connectivity index (χ3n) is 1.81. The summed E-state index contributed by atoms with van der Waals surface area (Å²) in [5.74, 6) is 0. The van der Waals surface area contributed by atoms with E-state index in [-0.39, 0.29) is 0 Å². The highest BCUT2D eigenvalue weighted by Crippen LogP contribution is 2.14. The lowest BCUT2D eigenvalue weighted by molar-refractivity contribution is 1.08. The van der Waals surface area contributed by atoms with Crippen molar-refractivity contribution in [3.05, 3.63) is 30.5 Å². The van der Waals surface area contributed by atoms with E-state index in [2.05, 4.69) is 15.5 Å². The maximum atomic E-state index is 4.00. The molecular formula is C9H9N3. The maximum absolute atomic E-state index is 4.00. The topological polar surface area (TPSA) is 37.8 Å². The Balaban J connectivity index is 2.67. The van der Waals surface area contributed by atoms with Crippen LogP contribution in [0.2, 0.25) is 0 Å². The van der Waals surface area contributed by atoms with Crippen LogP contribution in [-0.2, 0) is 0 Å². The molecule has 1 aromatic heterocycles. The number of hydrogen-bond acceptors (Lipinski definition) is 3. The summed E-state index contributed by atoms with van der Waals surface area (Å²) < 4.78 is 0. The Morgan fingerprint density at radius 2 is 2.17 bits per heavy atom. The Morgan fingerprint density at radius 1 is 1.25 bits per heavy atom. The fourth-order valence-corrected chi connectivity index (χ4v) is 1.14. The minimum absolute atomic E-state index is 0.921. The van der Waals surface area contributed by atoms with Crippen LogP contribution in [0.3, 0.4) is 0 Å². The van der Waals surface area contributed by atoms with Gasteiger partial charge in [0.2, 0.25) is 0 Å². The largest absolute Gasteiger partial charge is 0.388 e. The normalized spacial score (nSPS) is 10.1. The van der Waals surface area contributed by atoms with Gasteiger partial charge in [0.05, 0.1) is 11.7 Å². The average molecular weight is 159 g/mol. The molecule has 3 heteroatoms. The molecule has 0 aliphatic carbocycles. The van der Waals surface area contributed by atoms with Gasteiger partial charge in [-0.05, 0) is 18.2 Å². The summed E-state index contributed by atoms with van der Waals surface area (Å²) in [7, 11) is 1.89. The molecule has 0 aliphatic rings. The third kappa shape index (κ3) is 1.09. The van der Waals surface area contributed by atoms with Gasteiger partial charge in [0.25, 0.3) is 0 Å². The van der Waals surface area contributed by atoms with Crippen molar-refractivity contribution in [2.45, 2.75) is 0 Å². The van der Waals surface area contributed by atoms with E-state index in [1.807, 2.05) is 31.3 Å². The van der Waals surface area contributed by atoms with Crippen molar-refractivity contribution in [1.29, 1.82) is 0 Å². The third-order valence-corrected chi connectivity index (χ3v) is 1.81. The van der Waals surface area contributed by atoms with Crippen LogP contribution in [0.15, 0.2) is 30.5 Å². The molecule has 2 aromatic rings. The second kappa shape index (κ2) is 2.77. The number of nitrogens with zero attached hydrogens (tertiary/aromatic N) is 2. The van der Waals surface area contributed by atoms with Gasteiger partial charge >= 0.3 is 0 Å². The quantitative estimate of drug-likeness (QED) is 0.687. The molecule has 0 saturated carbocycles. The summed E-state index contributed by atoms with van der Waals surface area (Å²) in [6.07, 6.45) is 1.70. The number of fused-ring (bicyclic) bond motifs is 1. The lowest BCUT2D eigenvalue weighted by atomic mass is 10.2. The van der Waals surface area contributed by atoms with Gasteiger partial charge in [0.1, 0.15) is 0 Å². The zero-order chi connectivity index (χ0) is 8.39. The molecule has 0 unspecified atom stereocenters. The molecule has 0 atom stereocenters. The smallest absolute Gasteiger partial charge is 0.0950 e. The van der Waals surface area contributed by atoms with Gasteiger partial charge in [-0.3, -0.25) is 0 Å². The number of nitrogens with one attached hydrogen (secondary N) is 1. The zero-order valence-corrected chi connectivity index (χ0v) is 6.78. The molecule has 12 heavy (non-hydrogen) atoms. The Hall–Kier alpha value is -1.64. The van der Waals surface area contributed by atoms with Gasteiger partial charge in [0, 0.05) is 18.1 Å². The first-order valence-corrected chi connectivity index (χ1v) is 3.79. The molecule has 0 saturated heterocycles. The van der Waals surface area contributed by atoms with Crippen LogP contribution >= 0.6 is 0 Å². The molecule has 0 aliphatic heterocycles. The van der Waals surface area contributed by atoms with E-state index in [1.54, 1.807) is 6.20 Å². The predicted molar refractivity (Wildman–Crippen MR) is 49.1 cm³/mol. The highest BCUT2D eigenvalue weighted by molar-refractivity contribution is 5.81. The van der Waals surface area contributed by atoms with Crippen molar-refractivity contribution in [3.8, 4) is 0 Å². The lowest BCUT2D eigenvalue weighted by Gasteiger charge is -1.99. The molecule has 1 N–H and O–H groups in total. The molecule has 0 fully saturated rings. The van der Waals surface area contributed by atoms with Crippen molar-refractivity contribution in [1.82, 2.24) is 10.2 Å². The molecular weight excluding hydrogens is 150 g/mol. The molecule has 0 spiro atoms. The minimum atomic E-state index is 0.921. The molecule has 60 valence electrons. The molecule has 1 aromatic carbocycles. The fraction of sp³-hybridized carbons (Fsp3) is 0.111. The summed E-state index contributed by atoms with van der Waals surface area (Å²) in [6, 6.07) is 7.96. The van der Waals surface area contributed by atoms with Crippen molar-refractivity contribution in [3.63, 3.8) is 0 Å². The van der Waals surface area contributed by atoms with Gasteiger partial charge in [-0.25, -0.2) is 0 Å². The monoisotopic (exact) mass is 159 g/mol. The number of hydrogen-bond donors (Lipinski definition) is 1. The zero-order valence-electron chi connectivity index (χ0n) is 6.78.